The third kappa shape index (κ3) is 8.67. The van der Waals surface area contributed by atoms with Gasteiger partial charge in [0.15, 0.2) is 5.75 Å². The quantitative estimate of drug-likeness (QED) is 0.124. The summed E-state index contributed by atoms with van der Waals surface area (Å²) in [6.07, 6.45) is -2.68. The molecule has 1 unspecified atom stereocenters. The number of alkyl halides is 6. The summed E-state index contributed by atoms with van der Waals surface area (Å²) in [5.41, 5.74) is -0.160. The van der Waals surface area contributed by atoms with Gasteiger partial charge in [0.1, 0.15) is 17.4 Å². The number of benzene rings is 2. The monoisotopic (exact) mass is 855 g/mol. The molecule has 3 aromatic heterocycles. The van der Waals surface area contributed by atoms with E-state index in [0.717, 1.165) is 87.6 Å². The first-order valence-corrected chi connectivity index (χ1v) is 20.1. The number of aromatic nitrogens is 5. The van der Waals surface area contributed by atoms with Gasteiger partial charge in [-0.2, -0.15) is 18.3 Å². The van der Waals surface area contributed by atoms with E-state index in [1.807, 2.05) is 18.2 Å². The summed E-state index contributed by atoms with van der Waals surface area (Å²) < 4.78 is 88.8. The van der Waals surface area contributed by atoms with Crippen molar-refractivity contribution in [3.8, 4) is 5.75 Å². The van der Waals surface area contributed by atoms with E-state index < -0.39 is 53.2 Å². The van der Waals surface area contributed by atoms with Gasteiger partial charge in [-0.1, -0.05) is 12.1 Å². The average molecular weight is 856 g/mol. The van der Waals surface area contributed by atoms with Crippen LogP contribution in [0.2, 0.25) is 0 Å². The molecule has 3 aliphatic rings. The Morgan fingerprint density at radius 2 is 1.67 bits per heavy atom. The van der Waals surface area contributed by atoms with Crippen molar-refractivity contribution in [2.45, 2.75) is 82.0 Å². The fourth-order valence-electron chi connectivity index (χ4n) is 9.07. The number of halogens is 6. The van der Waals surface area contributed by atoms with Crippen LogP contribution in [0, 0.1) is 5.92 Å². The van der Waals surface area contributed by atoms with Crippen LogP contribution in [0.5, 0.6) is 5.75 Å². The van der Waals surface area contributed by atoms with E-state index in [2.05, 4.69) is 42.3 Å². The zero-order chi connectivity index (χ0) is 43.4. The minimum absolute atomic E-state index is 0.0277. The van der Waals surface area contributed by atoms with E-state index in [9.17, 15) is 45.5 Å². The molecule has 20 heteroatoms. The summed E-state index contributed by atoms with van der Waals surface area (Å²) in [7, 11) is 3.84. The van der Waals surface area contributed by atoms with Crippen LogP contribution < -0.4 is 26.0 Å². The van der Waals surface area contributed by atoms with Gasteiger partial charge in [0, 0.05) is 56.8 Å². The zero-order valence-corrected chi connectivity index (χ0v) is 33.2. The number of nitrogens with zero attached hydrogens (tertiary/aromatic N) is 7. The second kappa shape index (κ2) is 16.2. The highest BCUT2D eigenvalue weighted by Crippen LogP contribution is 2.38. The maximum Gasteiger partial charge on any atom is 0.573 e. The van der Waals surface area contributed by atoms with Crippen LogP contribution in [-0.2, 0) is 22.8 Å². The van der Waals surface area contributed by atoms with E-state index in [1.54, 1.807) is 22.5 Å². The first-order valence-electron chi connectivity index (χ1n) is 20.1. The van der Waals surface area contributed by atoms with Crippen molar-refractivity contribution in [2.75, 3.05) is 36.9 Å². The van der Waals surface area contributed by atoms with Gasteiger partial charge in [-0.15, -0.1) is 13.2 Å². The summed E-state index contributed by atoms with van der Waals surface area (Å²) in [6.45, 7) is 2.43. The number of fused-ring (bicyclic) bond motifs is 2. The Kier molecular flexibility index (Phi) is 11.1. The Hall–Kier alpha value is -5.92. The lowest BCUT2D eigenvalue weighted by atomic mass is 9.85. The highest BCUT2D eigenvalue weighted by atomic mass is 19.4. The Labute approximate surface area is 344 Å². The number of imidazole rings is 1. The molecule has 14 nitrogen and oxygen atoms in total. The van der Waals surface area contributed by atoms with Gasteiger partial charge in [-0.3, -0.25) is 33.5 Å². The standard InChI is InChI=1S/C41H43F6N9O5/c1-52(25-15-17-54(18-16-25)30-6-4-7-31-36(30)53(2)39(60)56(31)32-13-14-35(57)50-38(32)59)21-23-9-11-26(12-10-23)55-22-24-19-29(33(20-28(24)51-55)61-41(45,46)47)49-37(58)27-5-3-8-34(48-27)40(42,43)44/h3-8,19-20,22-23,25-26,32H,9-18,21H2,1-2H3,(H,49,58)(H,50,57,59)/t23-,26-,32?. The molecule has 5 aromatic rings. The van der Waals surface area contributed by atoms with E-state index in [4.69, 9.17) is 0 Å². The van der Waals surface area contributed by atoms with E-state index in [-0.39, 0.29) is 36.0 Å². The molecule has 2 aliphatic heterocycles. The second-order valence-electron chi connectivity index (χ2n) is 16.1. The van der Waals surface area contributed by atoms with Crippen LogP contribution in [0.25, 0.3) is 21.9 Å². The molecule has 2 saturated heterocycles. The topological polar surface area (TPSA) is 149 Å². The molecule has 8 rings (SSSR count). The lowest BCUT2D eigenvalue weighted by Crippen LogP contribution is -2.45. The van der Waals surface area contributed by atoms with Crippen molar-refractivity contribution < 1.29 is 45.5 Å². The Bertz CT molecular complexity index is 2550. The molecule has 3 fully saturated rings. The fraction of sp³-hybridized carbons (Fsp3) is 0.463. The van der Waals surface area contributed by atoms with Crippen LogP contribution >= 0.6 is 0 Å². The Morgan fingerprint density at radius 3 is 2.36 bits per heavy atom. The number of carbonyl (C=O) groups is 3. The molecular weight excluding hydrogens is 812 g/mol. The number of anilines is 2. The molecule has 2 N–H and O–H groups in total. The first kappa shape index (κ1) is 41.8. The van der Waals surface area contributed by atoms with Gasteiger partial charge in [0.2, 0.25) is 11.8 Å². The number of imide groups is 1. The summed E-state index contributed by atoms with van der Waals surface area (Å²) in [4.78, 5) is 58.8. The third-order valence-corrected chi connectivity index (χ3v) is 12.1. The minimum atomic E-state index is -5.13. The zero-order valence-electron chi connectivity index (χ0n) is 33.2. The number of piperidine rings is 2. The van der Waals surface area contributed by atoms with Gasteiger partial charge in [0.25, 0.3) is 5.91 Å². The van der Waals surface area contributed by atoms with Gasteiger partial charge in [-0.25, -0.2) is 9.78 Å². The maximum atomic E-state index is 13.4. The van der Waals surface area contributed by atoms with Gasteiger partial charge in [-0.05, 0) is 88.2 Å². The SMILES string of the molecule is CN(C[C@H]1CC[C@H](n2cc3cc(NC(=O)c4cccc(C(F)(F)F)n4)c(OC(F)(F)F)cc3n2)CC1)C1CCN(c2cccc3c2n(C)c(=O)n3C2CCC(=O)NC2=O)CC1. The Balaban J connectivity index is 0.887. The molecule has 1 aliphatic carbocycles. The summed E-state index contributed by atoms with van der Waals surface area (Å²) >= 11 is 0. The van der Waals surface area contributed by atoms with Gasteiger partial charge < -0.3 is 19.9 Å². The third-order valence-electron chi connectivity index (χ3n) is 12.1. The number of rotatable bonds is 9. The van der Waals surface area contributed by atoms with Crippen molar-refractivity contribution in [1.82, 2.24) is 34.1 Å². The number of ether oxygens (including phenoxy) is 1. The Morgan fingerprint density at radius 1 is 0.951 bits per heavy atom. The number of carbonyl (C=O) groups excluding carboxylic acids is 3. The normalized spacial score (nSPS) is 20.7. The van der Waals surface area contributed by atoms with Gasteiger partial charge in [0.05, 0.1) is 34.0 Å². The largest absolute Gasteiger partial charge is 0.573 e. The van der Waals surface area contributed by atoms with Crippen molar-refractivity contribution in [3.05, 3.63) is 76.6 Å². The summed E-state index contributed by atoms with van der Waals surface area (Å²) in [5, 5.41) is 9.53. The van der Waals surface area contributed by atoms with Crippen molar-refractivity contribution in [1.29, 1.82) is 0 Å². The molecular formula is C41H43F6N9O5. The lowest BCUT2D eigenvalue weighted by molar-refractivity contribution is -0.274. The molecule has 0 bridgehead atoms. The molecule has 3 amide bonds. The summed E-state index contributed by atoms with van der Waals surface area (Å²) in [5.74, 6) is -2.32. The molecule has 1 atom stereocenters. The van der Waals surface area contributed by atoms with Crippen molar-refractivity contribution >= 4 is 51.0 Å². The highest BCUT2D eigenvalue weighted by molar-refractivity contribution is 6.05. The molecule has 0 spiro atoms. The van der Waals surface area contributed by atoms with Gasteiger partial charge >= 0.3 is 18.2 Å². The predicted octanol–water partition coefficient (Wildman–Crippen LogP) is 6.56. The number of nitrogens with one attached hydrogen (secondary N) is 2. The molecule has 324 valence electrons. The number of para-hydroxylation sites is 1. The van der Waals surface area contributed by atoms with Crippen LogP contribution in [0.3, 0.4) is 0 Å². The number of amides is 3. The second-order valence-corrected chi connectivity index (χ2v) is 16.1. The van der Waals surface area contributed by atoms with Crippen molar-refractivity contribution in [2.24, 2.45) is 13.0 Å². The van der Waals surface area contributed by atoms with E-state index >= 15 is 0 Å². The van der Waals surface area contributed by atoms with Crippen molar-refractivity contribution in [3.63, 3.8) is 0 Å². The number of hydrogen-bond donors (Lipinski definition) is 2. The van der Waals surface area contributed by atoms with Crippen LogP contribution in [0.4, 0.5) is 37.7 Å². The van der Waals surface area contributed by atoms with Crippen LogP contribution in [-0.4, -0.2) is 85.6 Å². The number of hydrogen-bond acceptors (Lipinski definition) is 9. The first-order chi connectivity index (χ1) is 28.9. The fourth-order valence-corrected chi connectivity index (χ4v) is 9.07. The number of aryl methyl sites for hydroxylation is 1. The lowest BCUT2D eigenvalue weighted by Gasteiger charge is -2.40. The number of pyridine rings is 1. The maximum absolute atomic E-state index is 13.4. The van der Waals surface area contributed by atoms with Crippen LogP contribution in [0.15, 0.2) is 59.5 Å². The molecule has 1 saturated carbocycles. The predicted molar refractivity (Wildman–Crippen MR) is 211 cm³/mol. The highest BCUT2D eigenvalue weighted by Gasteiger charge is 2.36. The molecule has 0 radical (unpaired) electrons. The molecule has 61 heavy (non-hydrogen) atoms. The summed E-state index contributed by atoms with van der Waals surface area (Å²) in [6, 6.07) is 10.2. The molecule has 5 heterocycles. The smallest absolute Gasteiger partial charge is 0.403 e. The van der Waals surface area contributed by atoms with E-state index in [0.29, 0.717) is 28.9 Å². The van der Waals surface area contributed by atoms with Crippen LogP contribution in [0.1, 0.15) is 79.6 Å². The van der Waals surface area contributed by atoms with E-state index in [1.165, 1.54) is 10.6 Å². The minimum Gasteiger partial charge on any atom is -0.403 e. The average Bonchev–Trinajstić information content (AvgIpc) is 3.74. The molecule has 2 aromatic carbocycles.